The number of urea groups is 1. The summed E-state index contributed by atoms with van der Waals surface area (Å²) in [5.74, 6) is -3.37. The summed E-state index contributed by atoms with van der Waals surface area (Å²) in [5.41, 5.74) is 9.47. The minimum atomic E-state index is -1.15. The average molecular weight is 1420 g/mol. The molecule has 0 bridgehead atoms. The summed E-state index contributed by atoms with van der Waals surface area (Å²) in [5, 5.41) is 34.2. The van der Waals surface area contributed by atoms with Crippen LogP contribution in [0.25, 0.3) is 21.8 Å². The highest BCUT2D eigenvalue weighted by atomic mass is 35.5. The highest BCUT2D eigenvalue weighted by molar-refractivity contribution is 6.20. The Morgan fingerprint density at radius 3 is 2.15 bits per heavy atom. The molecule has 31 nitrogen and oxygen atoms in total. The van der Waals surface area contributed by atoms with Gasteiger partial charge in [-0.3, -0.25) is 33.7 Å². The average Bonchev–Trinajstić information content (AvgIpc) is 1.62. The van der Waals surface area contributed by atoms with E-state index in [0.717, 1.165) is 21.4 Å². The number of aromatic nitrogens is 2. The number of benzene rings is 4. The third-order valence-corrected chi connectivity index (χ3v) is 16.5. The molecule has 101 heavy (non-hydrogen) atoms. The van der Waals surface area contributed by atoms with E-state index in [1.165, 1.54) is 59.5 Å². The van der Waals surface area contributed by atoms with E-state index in [0.29, 0.717) is 44.6 Å². The first-order valence-electron chi connectivity index (χ1n) is 32.6. The Kier molecular flexibility index (Phi) is 28.5. The van der Waals surface area contributed by atoms with Crippen LogP contribution >= 0.6 is 11.6 Å². The van der Waals surface area contributed by atoms with Crippen molar-refractivity contribution in [3.8, 4) is 11.5 Å². The number of H-pyrrole nitrogens is 1. The van der Waals surface area contributed by atoms with E-state index in [9.17, 15) is 58.2 Å². The largest absolute Gasteiger partial charge is 0.508 e. The molecule has 10 N–H and O–H groups in total. The van der Waals surface area contributed by atoms with Gasteiger partial charge in [-0.05, 0) is 96.3 Å². The second-order valence-electron chi connectivity index (χ2n) is 23.8. The zero-order chi connectivity index (χ0) is 72.5. The predicted octanol–water partition coefficient (Wildman–Crippen LogP) is 5.64. The van der Waals surface area contributed by atoms with Crippen LogP contribution in [0.4, 0.5) is 36.2 Å². The lowest BCUT2D eigenvalue weighted by Crippen LogP contribution is -2.54. The van der Waals surface area contributed by atoms with Crippen LogP contribution in [0.3, 0.4) is 0 Å². The number of ether oxygens (including phenoxy) is 7. The topological polar surface area (TPSA) is 404 Å². The molecule has 0 saturated carbocycles. The van der Waals surface area contributed by atoms with Crippen molar-refractivity contribution in [3.05, 3.63) is 131 Å². The van der Waals surface area contributed by atoms with Gasteiger partial charge in [0.15, 0.2) is 0 Å². The van der Waals surface area contributed by atoms with Crippen LogP contribution < -0.4 is 42.0 Å². The van der Waals surface area contributed by atoms with E-state index in [1.807, 2.05) is 25.1 Å². The molecule has 0 aliphatic carbocycles. The third kappa shape index (κ3) is 21.8. The first-order valence-corrected chi connectivity index (χ1v) is 33.2. The standard InChI is InChI=1S/C69H83ClN12O19/c1-42(2)60(78-67(92)99-34-33-98-32-31-97-30-29-96-27-24-81-56(85)18-19-57(81)86)64(89)77-52(9-6-20-72-66(71)91)63(88)74-48-14-10-44(11-15-48)41-100-68(93)79(4)21-22-80(23-26-95-28-25-83)69(94)101-55-37-54-59(58-43(3)7-5-8-51(55)58)47(38-70)40-82(54)65(90)53-36-46-35-49(39-73-61(46)76-53)75-62(87)45-12-16-50(84)17-13-45/h5,7-8,10-19,35-37,39,42,47,52,60,83-84H,6,9,20-34,38,40-41H2,1-4H3,(H,73,76)(H,74,88)(H,75,87)(H,77,89)(H,78,92)(H3,71,72,91)/t47-,52+,60+/m1/s1. The van der Waals surface area contributed by atoms with E-state index in [2.05, 4.69) is 36.6 Å². The van der Waals surface area contributed by atoms with Gasteiger partial charge in [0.2, 0.25) is 11.8 Å². The molecule has 0 fully saturated rings. The van der Waals surface area contributed by atoms with Crippen molar-refractivity contribution in [2.75, 3.05) is 134 Å². The highest BCUT2D eigenvalue weighted by Gasteiger charge is 2.37. The Morgan fingerprint density at radius 1 is 0.772 bits per heavy atom. The number of anilines is 3. The summed E-state index contributed by atoms with van der Waals surface area (Å²) >= 11 is 6.65. The number of imide groups is 1. The van der Waals surface area contributed by atoms with E-state index < -0.39 is 65.9 Å². The fourth-order valence-corrected chi connectivity index (χ4v) is 11.1. The van der Waals surface area contributed by atoms with Crippen LogP contribution in [-0.4, -0.2) is 225 Å². The second-order valence-corrected chi connectivity index (χ2v) is 24.1. The molecule has 2 aliphatic rings. The molecule has 0 saturated heterocycles. The van der Waals surface area contributed by atoms with Crippen molar-refractivity contribution in [2.45, 2.75) is 58.2 Å². The smallest absolute Gasteiger partial charge is 0.415 e. The van der Waals surface area contributed by atoms with Gasteiger partial charge in [-0.15, -0.1) is 11.6 Å². The molecule has 2 aliphatic heterocycles. The maximum atomic E-state index is 14.6. The Balaban J connectivity index is 0.826. The zero-order valence-corrected chi connectivity index (χ0v) is 57.0. The molecule has 3 atom stereocenters. The van der Waals surface area contributed by atoms with E-state index >= 15 is 0 Å². The number of aryl methyl sites for hydroxylation is 1. The van der Waals surface area contributed by atoms with Crippen LogP contribution in [0.1, 0.15) is 70.1 Å². The predicted molar refractivity (Wildman–Crippen MR) is 370 cm³/mol. The van der Waals surface area contributed by atoms with Crippen molar-refractivity contribution in [1.29, 1.82) is 0 Å². The fourth-order valence-electron chi connectivity index (χ4n) is 10.9. The lowest BCUT2D eigenvalue weighted by molar-refractivity contribution is -0.137. The van der Waals surface area contributed by atoms with Gasteiger partial charge in [-0.1, -0.05) is 44.2 Å². The number of nitrogens with one attached hydrogen (secondary N) is 6. The number of phenolic OH excluding ortho intramolecular Hbond substituents is 1. The molecule has 4 aromatic carbocycles. The molecule has 540 valence electrons. The molecule has 32 heteroatoms. The van der Waals surface area contributed by atoms with Gasteiger partial charge in [0.05, 0.1) is 83.6 Å². The molecule has 6 aromatic rings. The van der Waals surface area contributed by atoms with Crippen LogP contribution in [0.2, 0.25) is 0 Å². The number of amides is 11. The maximum absolute atomic E-state index is 14.6. The Morgan fingerprint density at radius 2 is 1.47 bits per heavy atom. The van der Waals surface area contributed by atoms with Crippen LogP contribution in [-0.2, 0) is 54.2 Å². The number of aromatic hydroxyl groups is 1. The van der Waals surface area contributed by atoms with E-state index in [-0.39, 0.29) is 166 Å². The quantitative estimate of drug-likeness (QED) is 0.0129. The number of nitrogens with two attached hydrogens (primary N) is 1. The van der Waals surface area contributed by atoms with E-state index in [4.69, 9.17) is 50.5 Å². The minimum Gasteiger partial charge on any atom is -0.508 e. The molecular formula is C69H83ClN12O19. The Labute approximate surface area is 586 Å². The molecular weight excluding hydrogens is 1340 g/mol. The van der Waals surface area contributed by atoms with Crippen molar-refractivity contribution >= 4 is 110 Å². The van der Waals surface area contributed by atoms with Crippen LogP contribution in [0, 0.1) is 12.8 Å². The van der Waals surface area contributed by atoms with Crippen molar-refractivity contribution in [2.24, 2.45) is 11.7 Å². The molecule has 4 heterocycles. The number of alkyl halides is 1. The van der Waals surface area contributed by atoms with Crippen molar-refractivity contribution in [1.82, 2.24) is 40.6 Å². The summed E-state index contributed by atoms with van der Waals surface area (Å²) in [6.45, 7) is 6.05. The Bertz CT molecular complexity index is 3930. The number of aliphatic hydroxyl groups excluding tert-OH is 1. The number of hydrogen-bond donors (Lipinski definition) is 9. The number of halogens is 1. The molecule has 2 aromatic heterocycles. The summed E-state index contributed by atoms with van der Waals surface area (Å²) in [6.07, 6.45) is 1.69. The van der Waals surface area contributed by atoms with Gasteiger partial charge in [-0.2, -0.15) is 0 Å². The van der Waals surface area contributed by atoms with Gasteiger partial charge in [0, 0.05) is 91.8 Å². The first-order chi connectivity index (χ1) is 48.6. The number of hydrogen-bond acceptors (Lipinski definition) is 20. The number of pyridine rings is 1. The molecule has 0 radical (unpaired) electrons. The minimum absolute atomic E-state index is 0.000249. The van der Waals surface area contributed by atoms with Gasteiger partial charge in [0.25, 0.3) is 23.6 Å². The number of phenols is 1. The lowest BCUT2D eigenvalue weighted by Gasteiger charge is -2.26. The monoisotopic (exact) mass is 1420 g/mol. The summed E-state index contributed by atoms with van der Waals surface area (Å²) in [6, 6.07) is 19.5. The van der Waals surface area contributed by atoms with Crippen molar-refractivity contribution < 1.29 is 91.3 Å². The number of carbonyl (C=O) groups excluding carboxylic acids is 10. The molecule has 0 spiro atoms. The van der Waals surface area contributed by atoms with Crippen LogP contribution in [0.5, 0.6) is 11.5 Å². The number of primary amides is 1. The number of aliphatic hydroxyl groups is 1. The SMILES string of the molecule is Cc1cccc2c(OC(=O)N(CCOCCO)CCN(C)C(=O)OCc3ccc(NC(=O)[C@H](CCCNC(N)=O)NC(=O)[C@@H](NC(=O)OCCOCCOCCOCCN4C(=O)C=CC4=O)C(C)C)cc3)cc3c(c12)[C@H](CCl)CN3C(=O)c1cc2cc(NC(=O)c3ccc(O)cc3)cnc2[nH]1. The summed E-state index contributed by atoms with van der Waals surface area (Å²) in [7, 11) is 1.49. The van der Waals surface area contributed by atoms with Gasteiger partial charge >= 0.3 is 24.3 Å². The molecule has 8 rings (SSSR count). The van der Waals surface area contributed by atoms with Gasteiger partial charge in [-0.25, -0.2) is 24.2 Å². The normalized spacial score (nSPS) is 13.8. The van der Waals surface area contributed by atoms with Gasteiger partial charge < -0.3 is 95.4 Å². The molecule has 0 unspecified atom stereocenters. The zero-order valence-electron chi connectivity index (χ0n) is 56.3. The number of carbonyl (C=O) groups is 10. The molecule has 11 amide bonds. The fraction of sp³-hybridized carbons (Fsp3) is 0.406. The number of aromatic amines is 1. The summed E-state index contributed by atoms with van der Waals surface area (Å²) in [4.78, 5) is 143. The lowest BCUT2D eigenvalue weighted by atomic mass is 9.92. The first kappa shape index (κ1) is 76.3. The third-order valence-electron chi connectivity index (χ3n) is 16.2. The number of fused-ring (bicyclic) bond motifs is 4. The highest BCUT2D eigenvalue weighted by Crippen LogP contribution is 2.47. The van der Waals surface area contributed by atoms with Crippen molar-refractivity contribution in [3.63, 3.8) is 0 Å². The van der Waals surface area contributed by atoms with Crippen LogP contribution in [0.15, 0.2) is 103 Å². The number of likely N-dealkylation sites (N-methyl/N-ethyl adjacent to an activating group) is 1. The number of rotatable bonds is 37. The summed E-state index contributed by atoms with van der Waals surface area (Å²) < 4.78 is 38.9. The number of nitrogens with zero attached hydrogens (tertiary/aromatic N) is 5. The second kappa shape index (κ2) is 37.7. The van der Waals surface area contributed by atoms with E-state index in [1.54, 1.807) is 61.2 Å². The number of alkyl carbamates (subject to hydrolysis) is 1. The Hall–Kier alpha value is -10.4. The maximum Gasteiger partial charge on any atom is 0.415 e. The van der Waals surface area contributed by atoms with Gasteiger partial charge in [0.1, 0.15) is 48.1 Å².